The Morgan fingerprint density at radius 2 is 1.07 bits per heavy atom. The van der Waals surface area contributed by atoms with Crippen LogP contribution in [0.2, 0.25) is 0 Å². The Balaban J connectivity index is 0.928. The summed E-state index contributed by atoms with van der Waals surface area (Å²) in [5.74, 6) is 2.00. The molecule has 14 rings (SSSR count). The standard InChI is InChI=1S/C61H37N5O.Pt/c1-39-31-32-62-59(33-39)65-56-35-44(29-30-48(56)51-36-52-50-25-14-24-49-47-21-8-9-26-53(47)66(61(49)50)58(52)37-57(51)65)67-43-20-12-19-42(34-43)63-38-64(55-28-11-10-27-54(55)63)60-45(40-15-4-2-5-16-40)22-13-23-46(60)41-17-6-3-7-18-41;/h2-33,36-37H,1H3;/q-2;. The predicted molar refractivity (Wildman–Crippen MR) is 272 cm³/mol. The van der Waals surface area contributed by atoms with Gasteiger partial charge in [-0.25, -0.2) is 0 Å². The molecular weight excluding hydrogens is 1010 g/mol. The van der Waals surface area contributed by atoms with Gasteiger partial charge in [-0.15, -0.1) is 0 Å². The first-order valence-electron chi connectivity index (χ1n) is 22.7. The summed E-state index contributed by atoms with van der Waals surface area (Å²) in [6.07, 6.45) is 1.88. The number of fused-ring (bicyclic) bond motifs is 10. The number of benzene rings is 9. The third kappa shape index (κ3) is 5.81. The summed E-state index contributed by atoms with van der Waals surface area (Å²) in [5, 5.41) is 7.21. The van der Waals surface area contributed by atoms with E-state index in [4.69, 9.17) is 9.72 Å². The topological polar surface area (TPSA) is 41.3 Å². The fourth-order valence-electron chi connectivity index (χ4n) is 10.6. The number of rotatable bonds is 7. The third-order valence-corrected chi connectivity index (χ3v) is 14.5. The average Bonchev–Trinajstić information content (AvgIpc) is 4.09. The fourth-order valence-corrected chi connectivity index (χ4v) is 11.6. The van der Waals surface area contributed by atoms with Crippen molar-refractivity contribution in [2.24, 2.45) is 0 Å². The van der Waals surface area contributed by atoms with Crippen molar-refractivity contribution >= 4 is 70.9 Å². The van der Waals surface area contributed by atoms with Crippen LogP contribution < -0.4 is 4.74 Å². The second kappa shape index (κ2) is 15.1. The third-order valence-electron chi connectivity index (χ3n) is 13.5. The number of aryl methyl sites for hydroxylation is 1. The normalized spacial score (nSPS) is 12.0. The number of hydrogen-bond acceptors (Lipinski definition) is 2. The molecule has 0 bridgehead atoms. The molecule has 5 heterocycles. The molecule has 0 saturated carbocycles. The van der Waals surface area contributed by atoms with Gasteiger partial charge in [0.2, 0.25) is 0 Å². The van der Waals surface area contributed by atoms with Gasteiger partial charge in [-0.2, -0.15) is 0 Å². The molecule has 5 aromatic heterocycles. The van der Waals surface area contributed by atoms with Crippen molar-refractivity contribution in [2.75, 3.05) is 0 Å². The molecule has 0 spiro atoms. The van der Waals surface area contributed by atoms with E-state index in [1.165, 1.54) is 32.6 Å². The van der Waals surface area contributed by atoms with Crippen molar-refractivity contribution in [2.45, 2.75) is 6.92 Å². The molecule has 0 N–H and O–H groups in total. The number of pyridine rings is 1. The van der Waals surface area contributed by atoms with Crippen LogP contribution in [-0.2, 0) is 19.4 Å². The Bertz CT molecular complexity index is 4330. The van der Waals surface area contributed by atoms with Crippen molar-refractivity contribution in [3.05, 3.63) is 228 Å². The van der Waals surface area contributed by atoms with Crippen LogP contribution in [0.25, 0.3) is 110 Å². The van der Waals surface area contributed by atoms with E-state index in [1.807, 2.05) is 30.5 Å². The SMILES string of the molecule is Cc1ccnc(-n2c3[c-]c(Oc4[c-]c(-n5[c](=[Pt])n(-c6c(-c7ccccc7)cccc6-c6ccccc6)c6ccccc65)ccc4)ccc3c3cc4c5cccc6c7ccccc7n(c4cc32)c65)c1. The molecule has 0 unspecified atom stereocenters. The van der Waals surface area contributed by atoms with Gasteiger partial charge in [-0.1, -0.05) is 36.4 Å². The summed E-state index contributed by atoms with van der Waals surface area (Å²) < 4.78 is 17.1. The van der Waals surface area contributed by atoms with Gasteiger partial charge in [0.05, 0.1) is 16.6 Å². The first kappa shape index (κ1) is 38.9. The summed E-state index contributed by atoms with van der Waals surface area (Å²) in [7, 11) is 0. The Hall–Kier alpha value is -8.31. The maximum absolute atomic E-state index is 6.79. The van der Waals surface area contributed by atoms with Gasteiger partial charge in [-0.3, -0.25) is 0 Å². The molecular formula is C61H37N5OPt-2. The van der Waals surface area contributed by atoms with Crippen LogP contribution in [0.3, 0.4) is 0 Å². The zero-order valence-corrected chi connectivity index (χ0v) is 38.9. The van der Waals surface area contributed by atoms with Gasteiger partial charge in [0.1, 0.15) is 0 Å². The number of ether oxygens (including phenoxy) is 1. The Kier molecular flexibility index (Phi) is 8.65. The monoisotopic (exact) mass is 1050 g/mol. The second-order valence-corrected chi connectivity index (χ2v) is 18.4. The van der Waals surface area contributed by atoms with Gasteiger partial charge in [0.25, 0.3) is 0 Å². The van der Waals surface area contributed by atoms with Gasteiger partial charge >= 0.3 is 294 Å². The van der Waals surface area contributed by atoms with Crippen molar-refractivity contribution in [3.8, 4) is 50.9 Å². The maximum atomic E-state index is 6.79. The number of aromatic nitrogens is 5. The van der Waals surface area contributed by atoms with Gasteiger partial charge < -0.3 is 4.40 Å². The zero-order valence-electron chi connectivity index (χ0n) is 36.6. The number of imidazole rings is 1. The summed E-state index contributed by atoms with van der Waals surface area (Å²) in [5.41, 5.74) is 15.4. The fraction of sp³-hybridized carbons (Fsp3) is 0.0164. The van der Waals surface area contributed by atoms with Crippen LogP contribution >= 0.6 is 0 Å². The van der Waals surface area contributed by atoms with Crippen molar-refractivity contribution in [3.63, 3.8) is 0 Å². The van der Waals surface area contributed by atoms with Crippen LogP contribution in [0.4, 0.5) is 0 Å². The summed E-state index contributed by atoms with van der Waals surface area (Å²) in [4.78, 5) is 4.94. The molecule has 0 fully saturated rings. The minimum absolute atomic E-state index is 0.587. The van der Waals surface area contributed by atoms with Crippen LogP contribution in [-0.4, -0.2) is 23.1 Å². The smallest absolute Gasteiger partial charge is 0.0620 e. The van der Waals surface area contributed by atoms with E-state index in [-0.39, 0.29) is 0 Å². The molecule has 68 heavy (non-hydrogen) atoms. The molecule has 0 aliphatic heterocycles. The first-order valence-corrected chi connectivity index (χ1v) is 23.8. The van der Waals surface area contributed by atoms with E-state index in [0.29, 0.717) is 11.5 Å². The quantitative estimate of drug-likeness (QED) is 0.149. The van der Waals surface area contributed by atoms with Crippen LogP contribution in [0, 0.1) is 22.9 Å². The van der Waals surface area contributed by atoms with E-state index >= 15 is 0 Å². The molecule has 14 aromatic rings. The number of nitrogens with zero attached hydrogens (tertiary/aromatic N) is 5. The van der Waals surface area contributed by atoms with Crippen LogP contribution in [0.1, 0.15) is 5.56 Å². The van der Waals surface area contributed by atoms with E-state index in [9.17, 15) is 0 Å². The van der Waals surface area contributed by atoms with E-state index < -0.39 is 0 Å². The molecule has 0 aliphatic carbocycles. The first-order chi connectivity index (χ1) is 33.6. The van der Waals surface area contributed by atoms with Crippen molar-refractivity contribution in [1.82, 2.24) is 23.1 Å². The van der Waals surface area contributed by atoms with Crippen LogP contribution in [0.15, 0.2) is 206 Å². The molecule has 0 amide bonds. The average molecular weight is 1050 g/mol. The number of hydrogen-bond donors (Lipinski definition) is 0. The van der Waals surface area contributed by atoms with Gasteiger partial charge in [-0.05, 0) is 24.6 Å². The molecule has 0 radical (unpaired) electrons. The van der Waals surface area contributed by atoms with Crippen LogP contribution in [0.5, 0.6) is 11.5 Å². The predicted octanol–water partition coefficient (Wildman–Crippen LogP) is 15.2. The van der Waals surface area contributed by atoms with Crippen molar-refractivity contribution in [1.29, 1.82) is 0 Å². The molecule has 0 atom stereocenters. The summed E-state index contributed by atoms with van der Waals surface area (Å²) in [6, 6.07) is 78.4. The van der Waals surface area contributed by atoms with Crippen molar-refractivity contribution < 1.29 is 24.1 Å². The molecule has 9 aromatic carbocycles. The van der Waals surface area contributed by atoms with Gasteiger partial charge in [0.15, 0.2) is 0 Å². The Morgan fingerprint density at radius 1 is 0.456 bits per heavy atom. The zero-order chi connectivity index (χ0) is 45.0. The van der Waals surface area contributed by atoms with Gasteiger partial charge in [0, 0.05) is 27.7 Å². The molecule has 7 heteroatoms. The van der Waals surface area contributed by atoms with E-state index in [1.54, 1.807) is 0 Å². The Labute approximate surface area is 401 Å². The Morgan fingerprint density at radius 3 is 1.82 bits per heavy atom. The molecule has 0 aliphatic rings. The minimum Gasteiger partial charge on any atom is 0.0620 e. The molecule has 6 nitrogen and oxygen atoms in total. The molecule has 324 valence electrons. The van der Waals surface area contributed by atoms with E-state index in [0.717, 1.165) is 87.2 Å². The summed E-state index contributed by atoms with van der Waals surface area (Å²) in [6.45, 7) is 2.11. The molecule has 0 saturated heterocycles. The van der Waals surface area contributed by atoms with E-state index in [2.05, 4.69) is 232 Å². The number of para-hydroxylation sites is 5. The minimum atomic E-state index is 0.587. The second-order valence-electron chi connectivity index (χ2n) is 17.4. The summed E-state index contributed by atoms with van der Waals surface area (Å²) >= 11 is 2.48.